The van der Waals surface area contributed by atoms with Crippen LogP contribution in [0.4, 0.5) is 0 Å². The van der Waals surface area contributed by atoms with Crippen molar-refractivity contribution >= 4 is 11.0 Å². The van der Waals surface area contributed by atoms with Crippen molar-refractivity contribution in [2.24, 2.45) is 0 Å². The summed E-state index contributed by atoms with van der Waals surface area (Å²) < 4.78 is 11.7. The van der Waals surface area contributed by atoms with E-state index < -0.39 is 60.0 Å². The summed E-state index contributed by atoms with van der Waals surface area (Å²) in [5, 5.41) is 83.4. The minimum Gasteiger partial charge on any atom is -0.508 e. The zero-order valence-electron chi connectivity index (χ0n) is 21.2. The predicted octanol–water partition coefficient (Wildman–Crippen LogP) is 1.95. The minimum absolute atomic E-state index is 0.00136. The first-order valence-electron chi connectivity index (χ1n) is 12.5. The summed E-state index contributed by atoms with van der Waals surface area (Å²) in [5.74, 6) is -2.00. The zero-order valence-corrected chi connectivity index (χ0v) is 21.2. The van der Waals surface area contributed by atoms with Gasteiger partial charge in [-0.05, 0) is 42.0 Å². The number of aromatic hydroxyl groups is 4. The van der Waals surface area contributed by atoms with E-state index in [0.29, 0.717) is 11.1 Å². The van der Waals surface area contributed by atoms with Gasteiger partial charge in [-0.3, -0.25) is 4.79 Å². The predicted molar refractivity (Wildman–Crippen MR) is 141 cm³/mol. The highest BCUT2D eigenvalue weighted by Gasteiger charge is 2.46. The number of aliphatic hydroxyl groups excluding tert-OH is 4. The van der Waals surface area contributed by atoms with Crippen LogP contribution in [-0.2, 0) is 4.74 Å². The summed E-state index contributed by atoms with van der Waals surface area (Å²) in [4.78, 5) is 13.5. The average molecular weight is 553 g/mol. The minimum atomic E-state index is -1.84. The lowest BCUT2D eigenvalue weighted by molar-refractivity contribution is -0.231. The van der Waals surface area contributed by atoms with E-state index in [1.165, 1.54) is 36.4 Å². The Balaban J connectivity index is 1.82. The van der Waals surface area contributed by atoms with Gasteiger partial charge in [0.25, 0.3) is 0 Å². The van der Waals surface area contributed by atoms with E-state index in [1.54, 1.807) is 19.1 Å². The molecule has 210 valence electrons. The monoisotopic (exact) mass is 552 g/mol. The molecule has 0 radical (unpaired) electrons. The van der Waals surface area contributed by atoms with E-state index in [0.717, 1.165) is 6.07 Å². The largest absolute Gasteiger partial charge is 0.508 e. The number of fused-ring (bicyclic) bond motifs is 1. The second-order valence-electron chi connectivity index (χ2n) is 9.81. The van der Waals surface area contributed by atoms with Gasteiger partial charge in [-0.1, -0.05) is 19.1 Å². The summed E-state index contributed by atoms with van der Waals surface area (Å²) in [6.07, 6.45) is -8.27. The van der Waals surface area contributed by atoms with Gasteiger partial charge in [0.15, 0.2) is 11.0 Å². The van der Waals surface area contributed by atoms with Crippen molar-refractivity contribution in [1.82, 2.24) is 0 Å². The SMILES string of the molecule is CC(c1ccc(O)cc1)c1c(O)c(C2OC(CO)C(O)C(O)C2O)c2oc(-c3ccc(O)cc3)cc(=O)c2c1O. The smallest absolute Gasteiger partial charge is 0.197 e. The fourth-order valence-electron chi connectivity index (χ4n) is 5.12. The van der Waals surface area contributed by atoms with Crippen molar-refractivity contribution in [2.45, 2.75) is 43.4 Å². The maximum Gasteiger partial charge on any atom is 0.197 e. The Labute approximate surface area is 227 Å². The van der Waals surface area contributed by atoms with E-state index in [1.807, 2.05) is 0 Å². The van der Waals surface area contributed by atoms with Crippen LogP contribution in [-0.4, -0.2) is 71.9 Å². The standard InChI is InChI=1S/C29H28O11/c1-12(13-2-6-15(31)7-3-13)20-24(35)21-17(33)10-18(14-4-8-16(32)9-5-14)39-28(21)22(25(20)36)29-27(38)26(37)23(34)19(11-30)40-29/h2-10,12,19,23,26-27,29-32,34-38H,11H2,1H3. The summed E-state index contributed by atoms with van der Waals surface area (Å²) in [6, 6.07) is 12.8. The maximum absolute atomic E-state index is 13.5. The van der Waals surface area contributed by atoms with Crippen molar-refractivity contribution < 1.29 is 50.0 Å². The topological polar surface area (TPSA) is 201 Å². The van der Waals surface area contributed by atoms with Gasteiger partial charge in [0.1, 0.15) is 64.7 Å². The van der Waals surface area contributed by atoms with Crippen molar-refractivity contribution in [3.05, 3.63) is 81.5 Å². The molecule has 11 nitrogen and oxygen atoms in total. The molecule has 1 aliphatic rings. The molecule has 0 amide bonds. The summed E-state index contributed by atoms with van der Waals surface area (Å²) in [5.41, 5.74) is -0.536. The third kappa shape index (κ3) is 4.53. The summed E-state index contributed by atoms with van der Waals surface area (Å²) in [7, 11) is 0. The van der Waals surface area contributed by atoms with Gasteiger partial charge in [-0.25, -0.2) is 0 Å². The molecule has 1 aliphatic heterocycles. The van der Waals surface area contributed by atoms with Gasteiger partial charge in [-0.2, -0.15) is 0 Å². The highest BCUT2D eigenvalue weighted by Crippen LogP contribution is 2.49. The molecular weight excluding hydrogens is 524 g/mol. The molecule has 4 aromatic rings. The van der Waals surface area contributed by atoms with Crippen LogP contribution in [0.5, 0.6) is 23.0 Å². The van der Waals surface area contributed by atoms with Crippen LogP contribution in [0, 0.1) is 0 Å². The number of phenols is 4. The van der Waals surface area contributed by atoms with Gasteiger partial charge in [-0.15, -0.1) is 0 Å². The fraction of sp³-hybridized carbons (Fsp3) is 0.276. The summed E-state index contributed by atoms with van der Waals surface area (Å²) >= 11 is 0. The molecule has 1 fully saturated rings. The number of rotatable bonds is 5. The Bertz CT molecular complexity index is 1590. The second kappa shape index (κ2) is 10.5. The highest BCUT2D eigenvalue weighted by molar-refractivity contribution is 5.92. The van der Waals surface area contributed by atoms with Crippen molar-refractivity contribution in [1.29, 1.82) is 0 Å². The molecule has 40 heavy (non-hydrogen) atoms. The third-order valence-corrected chi connectivity index (χ3v) is 7.35. The van der Waals surface area contributed by atoms with Crippen LogP contribution in [0.1, 0.15) is 35.6 Å². The molecule has 11 heteroatoms. The molecule has 6 unspecified atom stereocenters. The molecule has 1 aromatic heterocycles. The molecule has 6 atom stereocenters. The molecule has 0 spiro atoms. The quantitative estimate of drug-likeness (QED) is 0.180. The Kier molecular flexibility index (Phi) is 7.17. The summed E-state index contributed by atoms with van der Waals surface area (Å²) in [6.45, 7) is 0.897. The molecular formula is C29H28O11. The first kappa shape index (κ1) is 27.4. The normalized spacial score (nSPS) is 23.8. The molecule has 0 saturated carbocycles. The van der Waals surface area contributed by atoms with Crippen molar-refractivity contribution in [3.63, 3.8) is 0 Å². The van der Waals surface area contributed by atoms with Crippen LogP contribution in [0.25, 0.3) is 22.3 Å². The molecule has 0 bridgehead atoms. The van der Waals surface area contributed by atoms with Crippen LogP contribution in [0.2, 0.25) is 0 Å². The number of phenolic OH excluding ortho intramolecular Hbond substituents is 4. The first-order chi connectivity index (χ1) is 19.0. The van der Waals surface area contributed by atoms with E-state index in [9.17, 15) is 45.6 Å². The van der Waals surface area contributed by atoms with Gasteiger partial charge in [0.2, 0.25) is 0 Å². The van der Waals surface area contributed by atoms with Crippen molar-refractivity contribution in [3.8, 4) is 34.3 Å². The molecule has 2 heterocycles. The number of benzene rings is 3. The zero-order chi connectivity index (χ0) is 28.9. The Hall–Kier alpha value is -4.13. The molecule has 3 aromatic carbocycles. The molecule has 0 aliphatic carbocycles. The fourth-order valence-corrected chi connectivity index (χ4v) is 5.12. The van der Waals surface area contributed by atoms with E-state index in [4.69, 9.17) is 9.15 Å². The Morgan fingerprint density at radius 2 is 1.43 bits per heavy atom. The van der Waals surface area contributed by atoms with E-state index in [2.05, 4.69) is 0 Å². The van der Waals surface area contributed by atoms with Crippen LogP contribution < -0.4 is 5.43 Å². The number of aliphatic hydroxyl groups is 4. The van der Waals surface area contributed by atoms with Crippen molar-refractivity contribution in [2.75, 3.05) is 6.61 Å². The lowest BCUT2D eigenvalue weighted by Gasteiger charge is -2.40. The molecule has 1 saturated heterocycles. The van der Waals surface area contributed by atoms with Gasteiger partial charge in [0, 0.05) is 23.1 Å². The lowest BCUT2D eigenvalue weighted by atomic mass is 9.84. The van der Waals surface area contributed by atoms with Gasteiger partial charge in [0.05, 0.1) is 12.2 Å². The first-order valence-corrected chi connectivity index (χ1v) is 12.5. The van der Waals surface area contributed by atoms with Crippen LogP contribution >= 0.6 is 0 Å². The van der Waals surface area contributed by atoms with E-state index >= 15 is 0 Å². The molecule has 8 N–H and O–H groups in total. The number of hydrogen-bond acceptors (Lipinski definition) is 11. The Morgan fingerprint density at radius 3 is 2.02 bits per heavy atom. The van der Waals surface area contributed by atoms with Crippen LogP contribution in [0.3, 0.4) is 0 Å². The lowest BCUT2D eigenvalue weighted by Crippen LogP contribution is -2.55. The second-order valence-corrected chi connectivity index (χ2v) is 9.81. The van der Waals surface area contributed by atoms with Gasteiger partial charge < -0.3 is 50.0 Å². The number of ether oxygens (including phenoxy) is 1. The highest BCUT2D eigenvalue weighted by atomic mass is 16.5. The average Bonchev–Trinajstić information content (AvgIpc) is 2.93. The molecule has 5 rings (SSSR count). The van der Waals surface area contributed by atoms with Crippen LogP contribution in [0.15, 0.2) is 63.8 Å². The van der Waals surface area contributed by atoms with Gasteiger partial charge >= 0.3 is 0 Å². The maximum atomic E-state index is 13.5. The van der Waals surface area contributed by atoms with E-state index in [-0.39, 0.29) is 39.4 Å². The Morgan fingerprint density at radius 1 is 0.825 bits per heavy atom. The number of hydrogen-bond donors (Lipinski definition) is 8. The third-order valence-electron chi connectivity index (χ3n) is 7.35.